The number of ether oxygens (including phenoxy) is 1. The summed E-state index contributed by atoms with van der Waals surface area (Å²) in [6.07, 6.45) is 0. The molecule has 3 aromatic carbocycles. The zero-order valence-electron chi connectivity index (χ0n) is 14.1. The zero-order chi connectivity index (χ0) is 20.3. The maximum absolute atomic E-state index is 14.3. The van der Waals surface area contributed by atoms with Crippen molar-refractivity contribution in [2.75, 3.05) is 5.32 Å². The van der Waals surface area contributed by atoms with E-state index in [0.717, 1.165) is 6.07 Å². The van der Waals surface area contributed by atoms with Gasteiger partial charge in [0.05, 0.1) is 10.6 Å². The van der Waals surface area contributed by atoms with Crippen LogP contribution >= 0.6 is 22.6 Å². The summed E-state index contributed by atoms with van der Waals surface area (Å²) in [7, 11) is 0. The number of hydrogen-bond donors (Lipinski definition) is 1. The van der Waals surface area contributed by atoms with Crippen LogP contribution in [0.2, 0.25) is 0 Å². The summed E-state index contributed by atoms with van der Waals surface area (Å²) in [4.78, 5) is 10.6. The SMILES string of the molecule is O=[N+]([O-])c1c(OCc2ccccc2)cc(F)c(F)c1Nc1ccc(I)cc1F. The molecule has 3 aromatic rings. The van der Waals surface area contributed by atoms with Crippen LogP contribution in [-0.2, 0) is 6.61 Å². The molecule has 9 heteroatoms. The highest BCUT2D eigenvalue weighted by Gasteiger charge is 2.29. The Kier molecular flexibility index (Phi) is 6.02. The highest BCUT2D eigenvalue weighted by Crippen LogP contribution is 2.40. The van der Waals surface area contributed by atoms with Crippen LogP contribution in [0.1, 0.15) is 5.56 Å². The third-order valence-electron chi connectivity index (χ3n) is 3.77. The first-order valence-electron chi connectivity index (χ1n) is 7.92. The van der Waals surface area contributed by atoms with Crippen molar-refractivity contribution in [3.05, 3.63) is 91.3 Å². The fourth-order valence-corrected chi connectivity index (χ4v) is 2.91. The van der Waals surface area contributed by atoms with Crippen LogP contribution in [0, 0.1) is 31.1 Å². The molecule has 0 saturated heterocycles. The first kappa shape index (κ1) is 19.9. The fraction of sp³-hybridized carbons (Fsp3) is 0.0526. The van der Waals surface area contributed by atoms with Gasteiger partial charge < -0.3 is 10.1 Å². The molecule has 0 unspecified atom stereocenters. The van der Waals surface area contributed by atoms with E-state index >= 15 is 0 Å². The molecule has 5 nitrogen and oxygen atoms in total. The molecule has 0 bridgehead atoms. The quantitative estimate of drug-likeness (QED) is 0.259. The van der Waals surface area contributed by atoms with Gasteiger partial charge in [0.15, 0.2) is 17.3 Å². The van der Waals surface area contributed by atoms with Gasteiger partial charge in [-0.25, -0.2) is 13.2 Å². The van der Waals surface area contributed by atoms with Crippen molar-refractivity contribution >= 4 is 39.7 Å². The number of nitrogens with one attached hydrogen (secondary N) is 1. The first-order valence-corrected chi connectivity index (χ1v) is 9.00. The number of halogens is 4. The summed E-state index contributed by atoms with van der Waals surface area (Å²) in [5.74, 6) is -4.10. The lowest BCUT2D eigenvalue weighted by Gasteiger charge is -2.13. The van der Waals surface area contributed by atoms with E-state index in [1.165, 1.54) is 12.1 Å². The summed E-state index contributed by atoms with van der Waals surface area (Å²) in [6, 6.07) is 13.2. The van der Waals surface area contributed by atoms with Crippen molar-refractivity contribution in [2.45, 2.75) is 6.61 Å². The molecule has 0 atom stereocenters. The smallest absolute Gasteiger partial charge is 0.337 e. The summed E-state index contributed by atoms with van der Waals surface area (Å²) >= 11 is 1.87. The molecule has 0 aliphatic heterocycles. The van der Waals surface area contributed by atoms with Gasteiger partial charge in [0, 0.05) is 9.64 Å². The Bertz CT molecular complexity index is 1030. The lowest BCUT2D eigenvalue weighted by molar-refractivity contribution is -0.385. The molecule has 0 heterocycles. The van der Waals surface area contributed by atoms with E-state index in [2.05, 4.69) is 5.32 Å². The topological polar surface area (TPSA) is 64.4 Å². The van der Waals surface area contributed by atoms with E-state index in [0.29, 0.717) is 15.2 Å². The molecule has 0 aliphatic rings. The molecule has 0 aromatic heterocycles. The lowest BCUT2D eigenvalue weighted by atomic mass is 10.2. The minimum Gasteiger partial charge on any atom is -0.482 e. The average molecular weight is 500 g/mol. The van der Waals surface area contributed by atoms with Crippen molar-refractivity contribution in [1.29, 1.82) is 0 Å². The molecule has 0 saturated carbocycles. The summed E-state index contributed by atoms with van der Waals surface area (Å²) in [5.41, 5.74) is -1.19. The van der Waals surface area contributed by atoms with E-state index < -0.39 is 39.5 Å². The van der Waals surface area contributed by atoms with Crippen LogP contribution < -0.4 is 10.1 Å². The number of anilines is 2. The summed E-state index contributed by atoms with van der Waals surface area (Å²) in [6.45, 7) is -0.0932. The lowest BCUT2D eigenvalue weighted by Crippen LogP contribution is -2.07. The number of rotatable bonds is 6. The standard InChI is InChI=1S/C19H12F3IN2O3/c20-13-8-12(23)6-7-15(13)24-18-17(22)14(21)9-16(19(18)25(26)27)28-10-11-4-2-1-3-5-11/h1-9,24H,10H2. The molecule has 144 valence electrons. The highest BCUT2D eigenvalue weighted by atomic mass is 127. The number of nitro groups is 1. The van der Waals surface area contributed by atoms with Gasteiger partial charge in [0.1, 0.15) is 12.4 Å². The van der Waals surface area contributed by atoms with Crippen LogP contribution in [0.15, 0.2) is 54.6 Å². The van der Waals surface area contributed by atoms with Gasteiger partial charge in [-0.15, -0.1) is 0 Å². The normalized spacial score (nSPS) is 10.6. The minimum atomic E-state index is -1.50. The second-order valence-electron chi connectivity index (χ2n) is 5.67. The fourth-order valence-electron chi connectivity index (χ4n) is 2.46. The van der Waals surface area contributed by atoms with E-state index in [-0.39, 0.29) is 12.3 Å². The second-order valence-corrected chi connectivity index (χ2v) is 6.92. The van der Waals surface area contributed by atoms with Gasteiger partial charge >= 0.3 is 5.69 Å². The Morgan fingerprint density at radius 2 is 1.75 bits per heavy atom. The first-order chi connectivity index (χ1) is 13.4. The largest absolute Gasteiger partial charge is 0.482 e. The van der Waals surface area contributed by atoms with Gasteiger partial charge in [-0.2, -0.15) is 0 Å². The Balaban J connectivity index is 2.02. The van der Waals surface area contributed by atoms with Crippen LogP contribution in [0.4, 0.5) is 30.2 Å². The molecule has 0 aliphatic carbocycles. The zero-order valence-corrected chi connectivity index (χ0v) is 16.2. The molecule has 3 rings (SSSR count). The number of nitrogens with zero attached hydrogens (tertiary/aromatic N) is 1. The molecule has 0 fully saturated rings. The highest BCUT2D eigenvalue weighted by molar-refractivity contribution is 14.1. The van der Waals surface area contributed by atoms with E-state index in [9.17, 15) is 23.3 Å². The molecule has 0 amide bonds. The van der Waals surface area contributed by atoms with Crippen molar-refractivity contribution in [2.24, 2.45) is 0 Å². The van der Waals surface area contributed by atoms with Crippen LogP contribution in [0.3, 0.4) is 0 Å². The monoisotopic (exact) mass is 500 g/mol. The van der Waals surface area contributed by atoms with Crippen LogP contribution in [-0.4, -0.2) is 4.92 Å². The van der Waals surface area contributed by atoms with Crippen molar-refractivity contribution in [1.82, 2.24) is 0 Å². The van der Waals surface area contributed by atoms with Crippen molar-refractivity contribution < 1.29 is 22.8 Å². The maximum Gasteiger partial charge on any atom is 0.337 e. The van der Waals surface area contributed by atoms with Crippen LogP contribution in [0.25, 0.3) is 0 Å². The van der Waals surface area contributed by atoms with Crippen molar-refractivity contribution in [3.8, 4) is 5.75 Å². The van der Waals surface area contributed by atoms with E-state index in [1.807, 2.05) is 22.6 Å². The predicted molar refractivity (Wildman–Crippen MR) is 106 cm³/mol. The molecular formula is C19H12F3IN2O3. The second kappa shape index (κ2) is 8.46. The summed E-state index contributed by atoms with van der Waals surface area (Å²) in [5, 5.41) is 13.8. The Hall–Kier alpha value is -2.82. The number of nitro benzene ring substituents is 1. The minimum absolute atomic E-state index is 0.0932. The Morgan fingerprint density at radius 3 is 2.39 bits per heavy atom. The van der Waals surface area contributed by atoms with Crippen molar-refractivity contribution in [3.63, 3.8) is 0 Å². The predicted octanol–water partition coefficient (Wildman–Crippen LogP) is 5.94. The summed E-state index contributed by atoms with van der Waals surface area (Å²) < 4.78 is 48.4. The molecule has 0 spiro atoms. The van der Waals surface area contributed by atoms with Gasteiger partial charge in [-0.1, -0.05) is 30.3 Å². The molecule has 0 radical (unpaired) electrons. The van der Waals surface area contributed by atoms with Gasteiger partial charge in [0.25, 0.3) is 0 Å². The number of benzene rings is 3. The van der Waals surface area contributed by atoms with Gasteiger partial charge in [-0.3, -0.25) is 10.1 Å². The molecular weight excluding hydrogens is 488 g/mol. The molecule has 28 heavy (non-hydrogen) atoms. The maximum atomic E-state index is 14.3. The average Bonchev–Trinajstić information content (AvgIpc) is 2.66. The Labute approximate surface area is 171 Å². The van der Waals surface area contributed by atoms with E-state index in [4.69, 9.17) is 4.74 Å². The Morgan fingerprint density at radius 1 is 1.04 bits per heavy atom. The van der Waals surface area contributed by atoms with Crippen LogP contribution in [0.5, 0.6) is 5.75 Å². The molecule has 1 N–H and O–H groups in total. The third kappa shape index (κ3) is 4.35. The van der Waals surface area contributed by atoms with Gasteiger partial charge in [0.2, 0.25) is 5.75 Å². The van der Waals surface area contributed by atoms with Gasteiger partial charge in [-0.05, 0) is 46.4 Å². The number of hydrogen-bond acceptors (Lipinski definition) is 4. The third-order valence-corrected chi connectivity index (χ3v) is 4.44. The van der Waals surface area contributed by atoms with E-state index in [1.54, 1.807) is 30.3 Å².